The quantitative estimate of drug-likeness (QED) is 0.352. The Morgan fingerprint density at radius 3 is 2.44 bits per heavy atom. The van der Waals surface area contributed by atoms with Crippen LogP contribution < -0.4 is 9.64 Å². The predicted octanol–water partition coefficient (Wildman–Crippen LogP) is 6.69. The number of halogens is 1. The molecule has 0 N–H and O–H groups in total. The number of carbonyl (C=O) groups is 2. The fourth-order valence-electron chi connectivity index (χ4n) is 4.87. The predicted molar refractivity (Wildman–Crippen MR) is 148 cm³/mol. The largest absolute Gasteiger partial charge is 0.489 e. The highest BCUT2D eigenvalue weighted by Gasteiger charge is 2.27. The fourth-order valence-corrected chi connectivity index (χ4v) is 4.87. The van der Waals surface area contributed by atoms with E-state index in [-0.39, 0.29) is 35.9 Å². The molecule has 0 bridgehead atoms. The zero-order valence-corrected chi connectivity index (χ0v) is 23.1. The third-order valence-electron chi connectivity index (χ3n) is 7.01. The van der Waals surface area contributed by atoms with Crippen molar-refractivity contribution in [1.82, 2.24) is 10.1 Å². The van der Waals surface area contributed by atoms with Crippen molar-refractivity contribution in [3.63, 3.8) is 0 Å². The minimum absolute atomic E-state index is 0.0734. The maximum Gasteiger partial charge on any atom is 0.276 e. The van der Waals surface area contributed by atoms with Gasteiger partial charge in [-0.3, -0.25) is 9.59 Å². The molecular weight excluding hydrogens is 497 g/mol. The van der Waals surface area contributed by atoms with Crippen molar-refractivity contribution in [1.29, 1.82) is 0 Å². The average Bonchev–Trinajstić information content (AvgIpc) is 3.28. The molecule has 0 atom stereocenters. The van der Waals surface area contributed by atoms with Crippen molar-refractivity contribution in [2.75, 3.05) is 18.0 Å². The zero-order valence-electron chi connectivity index (χ0n) is 23.1. The van der Waals surface area contributed by atoms with Gasteiger partial charge in [-0.2, -0.15) is 0 Å². The number of rotatable bonds is 6. The van der Waals surface area contributed by atoms with Gasteiger partial charge in [0.05, 0.1) is 5.56 Å². The Hall–Kier alpha value is -3.68. The smallest absolute Gasteiger partial charge is 0.276 e. The highest BCUT2D eigenvalue weighted by Crippen LogP contribution is 2.27. The molecule has 1 aromatic heterocycles. The number of aromatic nitrogens is 1. The molecule has 0 radical (unpaired) electrons. The van der Waals surface area contributed by atoms with E-state index in [0.717, 1.165) is 43.4 Å². The van der Waals surface area contributed by atoms with Crippen LogP contribution in [-0.4, -0.2) is 35.0 Å². The number of aryl methyl sites for hydroxylation is 1. The number of anilines is 1. The summed E-state index contributed by atoms with van der Waals surface area (Å²) in [6, 6.07) is 13.6. The van der Waals surface area contributed by atoms with Crippen LogP contribution in [0.3, 0.4) is 0 Å². The van der Waals surface area contributed by atoms with E-state index in [1.54, 1.807) is 24.0 Å². The number of hydrogen-bond acceptors (Lipinski definition) is 5. The van der Waals surface area contributed by atoms with E-state index >= 15 is 0 Å². The van der Waals surface area contributed by atoms with Crippen LogP contribution in [0.15, 0.2) is 53.1 Å². The van der Waals surface area contributed by atoms with Gasteiger partial charge in [-0.15, -0.1) is 0 Å². The molecule has 208 valence electrons. The van der Waals surface area contributed by atoms with Crippen LogP contribution in [0.1, 0.15) is 79.7 Å². The van der Waals surface area contributed by atoms with Gasteiger partial charge in [0.2, 0.25) is 5.91 Å². The number of carbonyl (C=O) groups excluding carboxylic acids is 2. The van der Waals surface area contributed by atoms with Crippen molar-refractivity contribution in [3.8, 4) is 5.75 Å². The van der Waals surface area contributed by atoms with E-state index in [0.29, 0.717) is 43.1 Å². The second-order valence-electron chi connectivity index (χ2n) is 10.6. The van der Waals surface area contributed by atoms with Gasteiger partial charge in [0.25, 0.3) is 5.91 Å². The summed E-state index contributed by atoms with van der Waals surface area (Å²) in [5, 5.41) is 4.11. The van der Waals surface area contributed by atoms with Crippen molar-refractivity contribution in [3.05, 3.63) is 76.9 Å². The van der Waals surface area contributed by atoms with E-state index in [2.05, 4.69) is 19.0 Å². The van der Waals surface area contributed by atoms with E-state index in [9.17, 15) is 14.0 Å². The maximum atomic E-state index is 13.9. The normalized spacial score (nSPS) is 14.9. The van der Waals surface area contributed by atoms with Gasteiger partial charge in [0, 0.05) is 31.7 Å². The van der Waals surface area contributed by atoms with Crippen LogP contribution in [-0.2, 0) is 17.9 Å². The van der Waals surface area contributed by atoms with Crippen LogP contribution in [0.2, 0.25) is 0 Å². The number of fused-ring (bicyclic) bond motifs is 1. The Balaban J connectivity index is 1.61. The topological polar surface area (TPSA) is 75.9 Å². The number of benzene rings is 2. The Morgan fingerprint density at radius 1 is 1.00 bits per heavy atom. The second kappa shape index (κ2) is 13.4. The van der Waals surface area contributed by atoms with Crippen LogP contribution in [0.5, 0.6) is 5.75 Å². The van der Waals surface area contributed by atoms with Gasteiger partial charge >= 0.3 is 0 Å². The average molecular weight is 536 g/mol. The molecule has 0 spiro atoms. The van der Waals surface area contributed by atoms with Crippen LogP contribution in [0, 0.1) is 18.7 Å². The fraction of sp³-hybridized carbons (Fsp3) is 0.452. The van der Waals surface area contributed by atoms with Crippen LogP contribution in [0.4, 0.5) is 10.1 Å². The number of hydrogen-bond donors (Lipinski definition) is 0. The molecule has 4 rings (SSSR count). The first-order chi connectivity index (χ1) is 18.8. The lowest BCUT2D eigenvalue weighted by Gasteiger charge is -2.29. The number of para-hydroxylation sites is 1. The van der Waals surface area contributed by atoms with Gasteiger partial charge in [-0.25, -0.2) is 4.39 Å². The van der Waals surface area contributed by atoms with Gasteiger partial charge in [0.1, 0.15) is 23.9 Å². The molecule has 8 heteroatoms. The Morgan fingerprint density at radius 2 is 1.69 bits per heavy atom. The maximum absolute atomic E-state index is 13.9. The van der Waals surface area contributed by atoms with Gasteiger partial charge in [-0.05, 0) is 61.6 Å². The molecule has 0 unspecified atom stereocenters. The summed E-state index contributed by atoms with van der Waals surface area (Å²) >= 11 is 0. The first-order valence-corrected chi connectivity index (χ1v) is 13.8. The molecule has 0 saturated carbocycles. The number of amides is 2. The molecule has 1 aliphatic rings. The lowest BCUT2D eigenvalue weighted by molar-refractivity contribution is -0.119. The first-order valence-electron chi connectivity index (χ1n) is 13.8. The van der Waals surface area contributed by atoms with Gasteiger partial charge < -0.3 is 19.1 Å². The Bertz CT molecular complexity index is 1250. The lowest BCUT2D eigenvalue weighted by atomic mass is 10.0. The summed E-state index contributed by atoms with van der Waals surface area (Å²) in [5.41, 5.74) is 2.56. The molecule has 2 heterocycles. The van der Waals surface area contributed by atoms with Crippen molar-refractivity contribution in [2.45, 2.75) is 72.4 Å². The summed E-state index contributed by atoms with van der Waals surface area (Å²) in [6.45, 7) is 7.52. The van der Waals surface area contributed by atoms with Crippen molar-refractivity contribution >= 4 is 17.5 Å². The van der Waals surface area contributed by atoms with Crippen molar-refractivity contribution in [2.24, 2.45) is 5.92 Å². The van der Waals surface area contributed by atoms with Crippen molar-refractivity contribution < 1.29 is 23.2 Å². The molecule has 3 aromatic rings. The Kier molecular flexibility index (Phi) is 9.74. The van der Waals surface area contributed by atoms with Crippen LogP contribution in [0.25, 0.3) is 0 Å². The number of nitrogens with zero attached hydrogens (tertiary/aromatic N) is 3. The molecule has 2 aromatic carbocycles. The summed E-state index contributed by atoms with van der Waals surface area (Å²) in [7, 11) is 0. The SMILES string of the molecule is Cc1onc(C(=O)N2CCCCCCCN(C(=O)CC(C)C)c3ccccc3C2)c1COc1ccc(F)cc1. The summed E-state index contributed by atoms with van der Waals surface area (Å²) < 4.78 is 24.5. The molecule has 2 amide bonds. The third-order valence-corrected chi connectivity index (χ3v) is 7.01. The summed E-state index contributed by atoms with van der Waals surface area (Å²) in [4.78, 5) is 30.9. The standard InChI is InChI=1S/C31H38FN3O4/c1-22(2)19-29(36)35-18-10-6-4-5-9-17-34(20-24-11-7-8-12-28(24)35)31(37)30-27(23(3)39-33-30)21-38-26-15-13-25(32)14-16-26/h7-8,11-16,22H,4-6,9-10,17-21H2,1-3H3. The minimum atomic E-state index is -0.348. The van der Waals surface area contributed by atoms with E-state index < -0.39 is 0 Å². The van der Waals surface area contributed by atoms with E-state index in [1.807, 2.05) is 29.2 Å². The minimum Gasteiger partial charge on any atom is -0.489 e. The first kappa shape index (κ1) is 28.3. The third kappa shape index (κ3) is 7.46. The molecule has 7 nitrogen and oxygen atoms in total. The van der Waals surface area contributed by atoms with E-state index in [4.69, 9.17) is 9.26 Å². The zero-order chi connectivity index (χ0) is 27.8. The monoisotopic (exact) mass is 535 g/mol. The lowest BCUT2D eigenvalue weighted by Crippen LogP contribution is -2.36. The molecular formula is C31H38FN3O4. The highest BCUT2D eigenvalue weighted by atomic mass is 19.1. The van der Waals surface area contributed by atoms with Gasteiger partial charge in [-0.1, -0.05) is 56.5 Å². The van der Waals surface area contributed by atoms with Gasteiger partial charge in [0.15, 0.2) is 5.69 Å². The van der Waals surface area contributed by atoms with E-state index in [1.165, 1.54) is 12.1 Å². The molecule has 0 aliphatic carbocycles. The van der Waals surface area contributed by atoms with Crippen LogP contribution >= 0.6 is 0 Å². The summed E-state index contributed by atoms with van der Waals surface area (Å²) in [6.07, 6.45) is 5.40. The molecule has 0 saturated heterocycles. The summed E-state index contributed by atoms with van der Waals surface area (Å²) in [5.74, 6) is 0.771. The molecule has 0 fully saturated rings. The number of ether oxygens (including phenoxy) is 1. The molecule has 1 aliphatic heterocycles. The molecule has 39 heavy (non-hydrogen) atoms. The Labute approximate surface area is 229 Å². The highest BCUT2D eigenvalue weighted by molar-refractivity contribution is 5.95. The second-order valence-corrected chi connectivity index (χ2v) is 10.6.